The number of carbonyl (C=O) groups is 2. The number of nitrogens with one attached hydrogen (secondary N) is 1. The topological polar surface area (TPSA) is 79.3 Å². The molecule has 0 radical (unpaired) electrons. The van der Waals surface area contributed by atoms with E-state index in [4.69, 9.17) is 5.11 Å². The van der Waals surface area contributed by atoms with Gasteiger partial charge < -0.3 is 10.4 Å². The summed E-state index contributed by atoms with van der Waals surface area (Å²) in [6, 6.07) is 0.931. The highest BCUT2D eigenvalue weighted by Crippen LogP contribution is 2.22. The summed E-state index contributed by atoms with van der Waals surface area (Å²) >= 11 is 0. The van der Waals surface area contributed by atoms with Crippen LogP contribution >= 0.6 is 0 Å². The highest BCUT2D eigenvalue weighted by molar-refractivity contribution is 5.94. The van der Waals surface area contributed by atoms with E-state index in [-0.39, 0.29) is 11.1 Å². The van der Waals surface area contributed by atoms with Gasteiger partial charge in [-0.25, -0.2) is 4.79 Å². The van der Waals surface area contributed by atoms with Gasteiger partial charge in [-0.2, -0.15) is 13.2 Å². The first-order valence-electron chi connectivity index (χ1n) is 6.47. The molecule has 0 spiro atoms. The van der Waals surface area contributed by atoms with Crippen LogP contribution in [-0.4, -0.2) is 34.2 Å². The van der Waals surface area contributed by atoms with Crippen molar-refractivity contribution in [3.8, 4) is 0 Å². The number of carboxylic acid groups (broad SMARTS) is 1. The number of nitrogens with zero attached hydrogens (tertiary/aromatic N) is 1. The van der Waals surface area contributed by atoms with Crippen molar-refractivity contribution in [2.75, 3.05) is 0 Å². The maximum absolute atomic E-state index is 12.3. The SMILES string of the molecule is CC(C)(C)c1ccc(C(=O)NC(CC(F)(F)F)C(=O)O)nc1. The highest BCUT2D eigenvalue weighted by atomic mass is 19.4. The van der Waals surface area contributed by atoms with Gasteiger partial charge in [0.05, 0.1) is 6.42 Å². The van der Waals surface area contributed by atoms with E-state index in [1.807, 2.05) is 26.1 Å². The number of amides is 1. The smallest absolute Gasteiger partial charge is 0.391 e. The van der Waals surface area contributed by atoms with Crippen molar-refractivity contribution in [3.63, 3.8) is 0 Å². The number of carboxylic acids is 1. The number of alkyl halides is 3. The summed E-state index contributed by atoms with van der Waals surface area (Å²) in [6.45, 7) is 5.81. The average molecular weight is 318 g/mol. The van der Waals surface area contributed by atoms with E-state index in [1.165, 1.54) is 12.3 Å². The number of carbonyl (C=O) groups excluding carboxylic acids is 1. The van der Waals surface area contributed by atoms with Crippen LogP contribution in [0.25, 0.3) is 0 Å². The summed E-state index contributed by atoms with van der Waals surface area (Å²) in [5, 5.41) is 10.6. The zero-order chi connectivity index (χ0) is 17.1. The number of rotatable bonds is 4. The summed E-state index contributed by atoms with van der Waals surface area (Å²) in [5.41, 5.74) is 0.512. The number of halogens is 3. The maximum atomic E-state index is 12.3. The summed E-state index contributed by atoms with van der Waals surface area (Å²) < 4.78 is 36.8. The molecule has 22 heavy (non-hydrogen) atoms. The average Bonchev–Trinajstić information content (AvgIpc) is 2.35. The molecule has 8 heteroatoms. The molecule has 0 bridgehead atoms. The van der Waals surface area contributed by atoms with E-state index in [0.29, 0.717) is 0 Å². The number of aromatic nitrogens is 1. The number of hydrogen-bond donors (Lipinski definition) is 2. The molecule has 5 nitrogen and oxygen atoms in total. The molecule has 0 fully saturated rings. The Bertz CT molecular complexity index is 548. The number of hydrogen-bond acceptors (Lipinski definition) is 3. The van der Waals surface area contributed by atoms with E-state index >= 15 is 0 Å². The summed E-state index contributed by atoms with van der Waals surface area (Å²) in [7, 11) is 0. The molecule has 1 rings (SSSR count). The lowest BCUT2D eigenvalue weighted by molar-refractivity contribution is -0.157. The van der Waals surface area contributed by atoms with Gasteiger partial charge in [0.1, 0.15) is 11.7 Å². The minimum absolute atomic E-state index is 0.138. The molecule has 0 aliphatic rings. The Kier molecular flexibility index (Phi) is 5.16. The Labute approximate surface area is 125 Å². The fraction of sp³-hybridized carbons (Fsp3) is 0.500. The second-order valence-electron chi connectivity index (χ2n) is 5.87. The minimum Gasteiger partial charge on any atom is -0.480 e. The predicted molar refractivity (Wildman–Crippen MR) is 72.5 cm³/mol. The van der Waals surface area contributed by atoms with Gasteiger partial charge in [0.25, 0.3) is 5.91 Å². The fourth-order valence-electron chi connectivity index (χ4n) is 1.64. The molecule has 1 amide bonds. The van der Waals surface area contributed by atoms with Crippen LogP contribution in [0.4, 0.5) is 13.2 Å². The van der Waals surface area contributed by atoms with Gasteiger partial charge in [0.15, 0.2) is 0 Å². The highest BCUT2D eigenvalue weighted by Gasteiger charge is 2.36. The van der Waals surface area contributed by atoms with Gasteiger partial charge in [-0.1, -0.05) is 26.8 Å². The molecular weight excluding hydrogens is 301 g/mol. The lowest BCUT2D eigenvalue weighted by Crippen LogP contribution is -2.43. The molecule has 1 unspecified atom stereocenters. The number of pyridine rings is 1. The molecule has 1 aromatic heterocycles. The van der Waals surface area contributed by atoms with Gasteiger partial charge in [-0.3, -0.25) is 9.78 Å². The van der Waals surface area contributed by atoms with Crippen molar-refractivity contribution in [2.24, 2.45) is 0 Å². The van der Waals surface area contributed by atoms with Crippen LogP contribution in [0.2, 0.25) is 0 Å². The molecule has 122 valence electrons. The summed E-state index contributed by atoms with van der Waals surface area (Å²) in [6.07, 6.45) is -4.90. The third-order valence-electron chi connectivity index (χ3n) is 2.90. The standard InChI is InChI=1S/C14H17F3N2O3/c1-13(2,3)8-4-5-9(18-7-8)11(20)19-10(12(21)22)6-14(15,16)17/h4-5,7,10H,6H2,1-3H3,(H,19,20)(H,21,22). The van der Waals surface area contributed by atoms with Gasteiger partial charge in [-0.15, -0.1) is 0 Å². The second-order valence-corrected chi connectivity index (χ2v) is 5.87. The van der Waals surface area contributed by atoms with Crippen LogP contribution in [0.15, 0.2) is 18.3 Å². The molecule has 0 saturated heterocycles. The van der Waals surface area contributed by atoms with Crippen LogP contribution in [0.5, 0.6) is 0 Å². The van der Waals surface area contributed by atoms with Gasteiger partial charge in [0.2, 0.25) is 0 Å². The first-order valence-corrected chi connectivity index (χ1v) is 6.47. The van der Waals surface area contributed by atoms with Crippen molar-refractivity contribution in [2.45, 2.75) is 44.8 Å². The van der Waals surface area contributed by atoms with Crippen LogP contribution in [-0.2, 0) is 10.2 Å². The van der Waals surface area contributed by atoms with E-state index < -0.39 is 30.5 Å². The normalized spacial score (nSPS) is 13.5. The zero-order valence-corrected chi connectivity index (χ0v) is 12.4. The van der Waals surface area contributed by atoms with Crippen LogP contribution < -0.4 is 5.32 Å². The molecule has 2 N–H and O–H groups in total. The minimum atomic E-state index is -4.69. The van der Waals surface area contributed by atoms with Crippen LogP contribution in [0, 0.1) is 0 Å². The van der Waals surface area contributed by atoms with Crippen LogP contribution in [0.3, 0.4) is 0 Å². The fourth-order valence-corrected chi connectivity index (χ4v) is 1.64. The molecule has 0 saturated carbocycles. The van der Waals surface area contributed by atoms with E-state index in [9.17, 15) is 22.8 Å². The summed E-state index contributed by atoms with van der Waals surface area (Å²) in [4.78, 5) is 26.5. The van der Waals surface area contributed by atoms with E-state index in [0.717, 1.165) is 5.56 Å². The first-order chi connectivity index (χ1) is 9.90. The Morgan fingerprint density at radius 1 is 1.27 bits per heavy atom. The van der Waals surface area contributed by atoms with Crippen molar-refractivity contribution >= 4 is 11.9 Å². The van der Waals surface area contributed by atoms with Gasteiger partial charge >= 0.3 is 12.1 Å². The lowest BCUT2D eigenvalue weighted by atomic mass is 9.88. The van der Waals surface area contributed by atoms with Gasteiger partial charge in [0, 0.05) is 6.20 Å². The maximum Gasteiger partial charge on any atom is 0.391 e. The second kappa shape index (κ2) is 6.33. The van der Waals surface area contributed by atoms with Crippen molar-refractivity contribution in [1.29, 1.82) is 0 Å². The van der Waals surface area contributed by atoms with Crippen molar-refractivity contribution in [3.05, 3.63) is 29.6 Å². The van der Waals surface area contributed by atoms with Crippen molar-refractivity contribution in [1.82, 2.24) is 10.3 Å². The van der Waals surface area contributed by atoms with Crippen LogP contribution in [0.1, 0.15) is 43.2 Å². The molecule has 0 aliphatic carbocycles. The first kappa shape index (κ1) is 17.9. The Hall–Kier alpha value is -2.12. The predicted octanol–water partition coefficient (Wildman–Crippen LogP) is 2.51. The Morgan fingerprint density at radius 2 is 1.86 bits per heavy atom. The zero-order valence-electron chi connectivity index (χ0n) is 12.4. The molecule has 0 aromatic carbocycles. The third kappa shape index (κ3) is 5.34. The van der Waals surface area contributed by atoms with Gasteiger partial charge in [-0.05, 0) is 17.0 Å². The Morgan fingerprint density at radius 3 is 2.23 bits per heavy atom. The number of aliphatic carboxylic acids is 1. The quantitative estimate of drug-likeness (QED) is 0.894. The lowest BCUT2D eigenvalue weighted by Gasteiger charge is -2.19. The third-order valence-corrected chi connectivity index (χ3v) is 2.90. The Balaban J connectivity index is 2.85. The monoisotopic (exact) mass is 318 g/mol. The molecular formula is C14H17F3N2O3. The van der Waals surface area contributed by atoms with E-state index in [2.05, 4.69) is 4.98 Å². The molecule has 1 heterocycles. The molecule has 1 atom stereocenters. The molecule has 1 aromatic rings. The largest absolute Gasteiger partial charge is 0.480 e. The van der Waals surface area contributed by atoms with E-state index in [1.54, 1.807) is 6.07 Å². The molecule has 0 aliphatic heterocycles. The summed E-state index contributed by atoms with van der Waals surface area (Å²) in [5.74, 6) is -2.71. The van der Waals surface area contributed by atoms with Crippen molar-refractivity contribution < 1.29 is 27.9 Å².